The van der Waals surface area contributed by atoms with Crippen LogP contribution >= 0.6 is 0 Å². The van der Waals surface area contributed by atoms with Crippen LogP contribution < -0.4 is 10.6 Å². The number of rotatable bonds is 3. The molecule has 5 nitrogen and oxygen atoms in total. The first-order valence-corrected chi connectivity index (χ1v) is 7.31. The van der Waals surface area contributed by atoms with Crippen LogP contribution in [0, 0.1) is 0 Å². The van der Waals surface area contributed by atoms with Crippen molar-refractivity contribution < 1.29 is 0 Å². The molecule has 1 aliphatic rings. The lowest BCUT2D eigenvalue weighted by atomic mass is 10.0. The fraction of sp³-hybridized carbons (Fsp3) is 0.375. The maximum absolute atomic E-state index is 5.59. The number of hydrogen-bond donors (Lipinski definition) is 1. The first kappa shape index (κ1) is 14.0. The SMILES string of the molecule is CN1CCN(c2ccc(CN)nn2)C(c2ccccc2)C1. The van der Waals surface area contributed by atoms with Gasteiger partial charge in [0.25, 0.3) is 0 Å². The third-order valence-electron chi connectivity index (χ3n) is 3.98. The molecule has 1 aromatic carbocycles. The smallest absolute Gasteiger partial charge is 0.151 e. The molecule has 5 heteroatoms. The summed E-state index contributed by atoms with van der Waals surface area (Å²) < 4.78 is 0. The van der Waals surface area contributed by atoms with Crippen LogP contribution in [0.3, 0.4) is 0 Å². The van der Waals surface area contributed by atoms with Crippen LogP contribution in [0.2, 0.25) is 0 Å². The van der Waals surface area contributed by atoms with Gasteiger partial charge < -0.3 is 15.5 Å². The summed E-state index contributed by atoms with van der Waals surface area (Å²) in [6.07, 6.45) is 0. The van der Waals surface area contributed by atoms with Crippen molar-refractivity contribution in [3.05, 3.63) is 53.7 Å². The minimum Gasteiger partial charge on any atom is -0.346 e. The largest absolute Gasteiger partial charge is 0.346 e. The molecule has 0 amide bonds. The summed E-state index contributed by atoms with van der Waals surface area (Å²) >= 11 is 0. The molecule has 0 spiro atoms. The zero-order chi connectivity index (χ0) is 14.7. The van der Waals surface area contributed by atoms with Gasteiger partial charge in [-0.2, -0.15) is 5.10 Å². The molecule has 21 heavy (non-hydrogen) atoms. The van der Waals surface area contributed by atoms with Crippen LogP contribution in [0.15, 0.2) is 42.5 Å². The minimum absolute atomic E-state index is 0.308. The van der Waals surface area contributed by atoms with Gasteiger partial charge in [0, 0.05) is 26.2 Å². The zero-order valence-electron chi connectivity index (χ0n) is 12.3. The predicted molar refractivity (Wildman–Crippen MR) is 83.9 cm³/mol. The van der Waals surface area contributed by atoms with E-state index in [0.29, 0.717) is 12.6 Å². The fourth-order valence-corrected chi connectivity index (χ4v) is 2.77. The summed E-state index contributed by atoms with van der Waals surface area (Å²) in [4.78, 5) is 4.69. The normalized spacial score (nSPS) is 19.7. The second-order valence-corrected chi connectivity index (χ2v) is 5.47. The van der Waals surface area contributed by atoms with Crippen LogP contribution in [0.1, 0.15) is 17.3 Å². The third kappa shape index (κ3) is 3.04. The molecule has 0 aliphatic carbocycles. The molecular weight excluding hydrogens is 262 g/mol. The first-order chi connectivity index (χ1) is 10.3. The Morgan fingerprint density at radius 3 is 2.57 bits per heavy atom. The molecule has 2 aromatic rings. The van der Waals surface area contributed by atoms with Crippen molar-refractivity contribution in [2.75, 3.05) is 31.6 Å². The highest BCUT2D eigenvalue weighted by Crippen LogP contribution is 2.28. The van der Waals surface area contributed by atoms with Crippen LogP contribution in [0.4, 0.5) is 5.82 Å². The van der Waals surface area contributed by atoms with Crippen molar-refractivity contribution >= 4 is 5.82 Å². The van der Waals surface area contributed by atoms with E-state index in [1.807, 2.05) is 12.1 Å². The van der Waals surface area contributed by atoms with Gasteiger partial charge in [-0.15, -0.1) is 5.10 Å². The molecule has 3 rings (SSSR count). The Morgan fingerprint density at radius 2 is 1.90 bits per heavy atom. The Labute approximate surface area is 125 Å². The molecule has 1 saturated heterocycles. The second kappa shape index (κ2) is 6.20. The van der Waals surface area contributed by atoms with Crippen molar-refractivity contribution in [3.63, 3.8) is 0 Å². The molecule has 1 aromatic heterocycles. The molecule has 1 aliphatic heterocycles. The molecule has 1 unspecified atom stereocenters. The van der Waals surface area contributed by atoms with Gasteiger partial charge in [-0.1, -0.05) is 30.3 Å². The van der Waals surface area contributed by atoms with E-state index in [-0.39, 0.29) is 0 Å². The summed E-state index contributed by atoms with van der Waals surface area (Å²) in [5.41, 5.74) is 7.73. The summed E-state index contributed by atoms with van der Waals surface area (Å²) in [5.74, 6) is 0.925. The summed E-state index contributed by atoms with van der Waals surface area (Å²) in [5, 5.41) is 8.54. The number of nitrogens with zero attached hydrogens (tertiary/aromatic N) is 4. The quantitative estimate of drug-likeness (QED) is 0.923. The van der Waals surface area contributed by atoms with Crippen molar-refractivity contribution in [1.29, 1.82) is 0 Å². The average Bonchev–Trinajstić information content (AvgIpc) is 2.56. The van der Waals surface area contributed by atoms with Crippen molar-refractivity contribution in [2.45, 2.75) is 12.6 Å². The highest BCUT2D eigenvalue weighted by molar-refractivity contribution is 5.43. The van der Waals surface area contributed by atoms with E-state index < -0.39 is 0 Å². The molecule has 1 fully saturated rings. The molecular formula is C16H21N5. The molecule has 2 N–H and O–H groups in total. The topological polar surface area (TPSA) is 58.3 Å². The Bertz CT molecular complexity index is 569. The van der Waals surface area contributed by atoms with E-state index in [0.717, 1.165) is 31.1 Å². The average molecular weight is 283 g/mol. The summed E-state index contributed by atoms with van der Waals surface area (Å²) in [6, 6.07) is 14.9. The van der Waals surface area contributed by atoms with Crippen molar-refractivity contribution in [3.8, 4) is 0 Å². The molecule has 0 bridgehead atoms. The number of likely N-dealkylation sites (N-methyl/N-ethyl adjacent to an activating group) is 1. The maximum Gasteiger partial charge on any atom is 0.151 e. The Kier molecular flexibility index (Phi) is 4.13. The van der Waals surface area contributed by atoms with Crippen LogP contribution in [0.5, 0.6) is 0 Å². The van der Waals surface area contributed by atoms with Crippen LogP contribution in [0.25, 0.3) is 0 Å². The van der Waals surface area contributed by atoms with Crippen LogP contribution in [-0.2, 0) is 6.54 Å². The lowest BCUT2D eigenvalue weighted by molar-refractivity contribution is 0.268. The fourth-order valence-electron chi connectivity index (χ4n) is 2.77. The maximum atomic E-state index is 5.59. The van der Waals surface area contributed by atoms with Crippen molar-refractivity contribution in [1.82, 2.24) is 15.1 Å². The molecule has 0 saturated carbocycles. The Balaban J connectivity index is 1.90. The van der Waals surface area contributed by atoms with Gasteiger partial charge in [0.1, 0.15) is 0 Å². The lowest BCUT2D eigenvalue weighted by Gasteiger charge is -2.40. The van der Waals surface area contributed by atoms with E-state index in [1.165, 1.54) is 5.56 Å². The van der Waals surface area contributed by atoms with Gasteiger partial charge in [0.2, 0.25) is 0 Å². The molecule has 0 radical (unpaired) electrons. The zero-order valence-corrected chi connectivity index (χ0v) is 12.3. The second-order valence-electron chi connectivity index (χ2n) is 5.47. The van der Waals surface area contributed by atoms with E-state index in [4.69, 9.17) is 5.73 Å². The van der Waals surface area contributed by atoms with E-state index in [2.05, 4.69) is 57.4 Å². The number of hydrogen-bond acceptors (Lipinski definition) is 5. The monoisotopic (exact) mass is 283 g/mol. The highest BCUT2D eigenvalue weighted by Gasteiger charge is 2.27. The van der Waals surface area contributed by atoms with Gasteiger partial charge in [-0.3, -0.25) is 0 Å². The number of nitrogens with two attached hydrogens (primary N) is 1. The molecule has 2 heterocycles. The number of piperazine rings is 1. The Hall–Kier alpha value is -1.98. The van der Waals surface area contributed by atoms with Gasteiger partial charge in [-0.25, -0.2) is 0 Å². The van der Waals surface area contributed by atoms with E-state index in [9.17, 15) is 0 Å². The van der Waals surface area contributed by atoms with Crippen molar-refractivity contribution in [2.24, 2.45) is 5.73 Å². The van der Waals surface area contributed by atoms with E-state index >= 15 is 0 Å². The number of aromatic nitrogens is 2. The number of anilines is 1. The van der Waals surface area contributed by atoms with Gasteiger partial charge in [0.15, 0.2) is 5.82 Å². The van der Waals surface area contributed by atoms with Gasteiger partial charge in [0.05, 0.1) is 11.7 Å². The standard InChI is InChI=1S/C16H21N5/c1-20-9-10-21(16-8-7-14(11-17)18-19-16)15(12-20)13-5-3-2-4-6-13/h2-8,15H,9-12,17H2,1H3. The highest BCUT2D eigenvalue weighted by atomic mass is 15.3. The number of benzene rings is 1. The molecule has 1 atom stereocenters. The predicted octanol–water partition coefficient (Wildman–Crippen LogP) is 1.43. The summed E-state index contributed by atoms with van der Waals surface area (Å²) in [7, 11) is 2.16. The Morgan fingerprint density at radius 1 is 1.10 bits per heavy atom. The first-order valence-electron chi connectivity index (χ1n) is 7.31. The third-order valence-corrected chi connectivity index (χ3v) is 3.98. The summed E-state index contributed by atoms with van der Waals surface area (Å²) in [6.45, 7) is 3.40. The lowest BCUT2D eigenvalue weighted by Crippen LogP contribution is -2.47. The van der Waals surface area contributed by atoms with Crippen LogP contribution in [-0.4, -0.2) is 41.8 Å². The van der Waals surface area contributed by atoms with Gasteiger partial charge >= 0.3 is 0 Å². The minimum atomic E-state index is 0.308. The molecule has 110 valence electrons. The van der Waals surface area contributed by atoms with Gasteiger partial charge in [-0.05, 0) is 24.7 Å². The van der Waals surface area contributed by atoms with E-state index in [1.54, 1.807) is 0 Å².